The molecule has 0 spiro atoms. The molecule has 1 aromatic heterocycles. The Kier molecular flexibility index (Phi) is 7.87. The molecule has 2 fully saturated rings. The van der Waals surface area contributed by atoms with Crippen LogP contribution in [0.4, 0.5) is 22.9 Å². The average Bonchev–Trinajstić information content (AvgIpc) is 2.96. The van der Waals surface area contributed by atoms with E-state index >= 15 is 0 Å². The first-order valence-corrected chi connectivity index (χ1v) is 13.2. The summed E-state index contributed by atoms with van der Waals surface area (Å²) in [6, 6.07) is 14.2. The molecule has 3 heterocycles. The number of nitrogens with one attached hydrogen (secondary N) is 1. The molecule has 204 valence electrons. The standard InChI is InChI=1S/C28H32N6O5/c1-20-18-26(32-14-16-39-17-15-32)30-25-7-2-21(19-24(20)25)29-27(35)8-9-28(36)33-12-10-31(11-13-33)22-3-5-23(6-4-22)34(37)38/h2-7,18-19H,8-17H2,1H3,(H,29,35). The second-order valence-electron chi connectivity index (χ2n) is 9.82. The Bertz CT molecular complexity index is 1360. The first-order chi connectivity index (χ1) is 18.9. The number of aromatic nitrogens is 1. The zero-order valence-corrected chi connectivity index (χ0v) is 22.0. The van der Waals surface area contributed by atoms with Crippen molar-refractivity contribution in [1.82, 2.24) is 9.88 Å². The van der Waals surface area contributed by atoms with Crippen molar-refractivity contribution in [3.05, 3.63) is 64.2 Å². The number of ether oxygens (including phenoxy) is 1. The minimum absolute atomic E-state index is 0.0531. The fraction of sp³-hybridized carbons (Fsp3) is 0.393. The Labute approximate surface area is 226 Å². The number of hydrogen-bond donors (Lipinski definition) is 1. The number of anilines is 3. The molecule has 0 saturated carbocycles. The van der Waals surface area contributed by atoms with Gasteiger partial charge in [0.2, 0.25) is 11.8 Å². The SMILES string of the molecule is Cc1cc(N2CCOCC2)nc2ccc(NC(=O)CCC(=O)N3CCN(c4ccc([N+](=O)[O-])cc4)CC3)cc12. The number of carbonyl (C=O) groups excluding carboxylic acids is 2. The maximum absolute atomic E-state index is 12.7. The largest absolute Gasteiger partial charge is 0.378 e. The van der Waals surface area contributed by atoms with Crippen LogP contribution in [0.5, 0.6) is 0 Å². The number of aryl methyl sites for hydroxylation is 1. The highest BCUT2D eigenvalue weighted by atomic mass is 16.6. The van der Waals surface area contributed by atoms with Crippen LogP contribution in [0, 0.1) is 17.0 Å². The molecule has 11 nitrogen and oxygen atoms in total. The molecule has 3 aromatic rings. The summed E-state index contributed by atoms with van der Waals surface area (Å²) in [5, 5.41) is 14.8. The van der Waals surface area contributed by atoms with E-state index in [1.54, 1.807) is 17.0 Å². The summed E-state index contributed by atoms with van der Waals surface area (Å²) in [7, 11) is 0. The van der Waals surface area contributed by atoms with Crippen LogP contribution in [0.2, 0.25) is 0 Å². The monoisotopic (exact) mass is 532 g/mol. The molecule has 5 rings (SSSR count). The van der Waals surface area contributed by atoms with Gasteiger partial charge < -0.3 is 24.8 Å². The summed E-state index contributed by atoms with van der Waals surface area (Å²) in [4.78, 5) is 46.7. The Morgan fingerprint density at radius 1 is 0.949 bits per heavy atom. The third kappa shape index (κ3) is 6.26. The van der Waals surface area contributed by atoms with E-state index in [4.69, 9.17) is 9.72 Å². The van der Waals surface area contributed by atoms with E-state index in [0.717, 1.165) is 41.1 Å². The van der Waals surface area contributed by atoms with E-state index in [1.807, 2.05) is 25.1 Å². The van der Waals surface area contributed by atoms with Gasteiger partial charge in [0.15, 0.2) is 0 Å². The number of fused-ring (bicyclic) bond motifs is 1. The van der Waals surface area contributed by atoms with E-state index in [9.17, 15) is 19.7 Å². The second kappa shape index (κ2) is 11.6. The lowest BCUT2D eigenvalue weighted by Crippen LogP contribution is -2.48. The van der Waals surface area contributed by atoms with Crippen molar-refractivity contribution >= 4 is 45.6 Å². The molecule has 2 aliphatic rings. The van der Waals surface area contributed by atoms with Crippen molar-refractivity contribution in [2.24, 2.45) is 0 Å². The maximum atomic E-state index is 12.7. The Morgan fingerprint density at radius 2 is 1.67 bits per heavy atom. The molecule has 2 saturated heterocycles. The molecule has 0 atom stereocenters. The summed E-state index contributed by atoms with van der Waals surface area (Å²) in [5.74, 6) is 0.678. The van der Waals surface area contributed by atoms with Gasteiger partial charge in [0, 0.05) is 81.0 Å². The lowest BCUT2D eigenvalue weighted by atomic mass is 10.1. The van der Waals surface area contributed by atoms with Crippen LogP contribution in [0.3, 0.4) is 0 Å². The van der Waals surface area contributed by atoms with E-state index in [-0.39, 0.29) is 30.3 Å². The smallest absolute Gasteiger partial charge is 0.269 e. The third-order valence-electron chi connectivity index (χ3n) is 7.24. The van der Waals surface area contributed by atoms with Gasteiger partial charge in [-0.1, -0.05) is 0 Å². The molecule has 2 aromatic carbocycles. The normalized spacial score (nSPS) is 15.9. The fourth-order valence-corrected chi connectivity index (χ4v) is 5.01. The maximum Gasteiger partial charge on any atom is 0.269 e. The minimum Gasteiger partial charge on any atom is -0.378 e. The highest BCUT2D eigenvalue weighted by Gasteiger charge is 2.22. The summed E-state index contributed by atoms with van der Waals surface area (Å²) in [6.07, 6.45) is 0.243. The van der Waals surface area contributed by atoms with Crippen molar-refractivity contribution in [3.8, 4) is 0 Å². The molecule has 39 heavy (non-hydrogen) atoms. The first kappa shape index (κ1) is 26.4. The van der Waals surface area contributed by atoms with Gasteiger partial charge in [0.1, 0.15) is 5.82 Å². The van der Waals surface area contributed by atoms with Gasteiger partial charge in [-0.05, 0) is 48.9 Å². The highest BCUT2D eigenvalue weighted by molar-refractivity contribution is 5.96. The molecule has 11 heteroatoms. The summed E-state index contributed by atoms with van der Waals surface area (Å²) < 4.78 is 5.44. The number of amides is 2. The lowest BCUT2D eigenvalue weighted by Gasteiger charge is -2.36. The quantitative estimate of drug-likeness (QED) is 0.363. The number of nitro benzene ring substituents is 1. The molecule has 0 unspecified atom stereocenters. The highest BCUT2D eigenvalue weighted by Crippen LogP contribution is 2.26. The third-order valence-corrected chi connectivity index (χ3v) is 7.24. The summed E-state index contributed by atoms with van der Waals surface area (Å²) >= 11 is 0. The van der Waals surface area contributed by atoms with E-state index < -0.39 is 4.92 Å². The van der Waals surface area contributed by atoms with Crippen LogP contribution in [0.25, 0.3) is 10.9 Å². The molecular formula is C28H32N6O5. The fourth-order valence-electron chi connectivity index (χ4n) is 5.01. The van der Waals surface area contributed by atoms with Crippen LogP contribution in [0.15, 0.2) is 48.5 Å². The molecule has 0 aliphatic carbocycles. The van der Waals surface area contributed by atoms with E-state index in [2.05, 4.69) is 21.2 Å². The number of nitrogens with zero attached hydrogens (tertiary/aromatic N) is 5. The van der Waals surface area contributed by atoms with E-state index in [0.29, 0.717) is 45.1 Å². The van der Waals surface area contributed by atoms with Crippen LogP contribution >= 0.6 is 0 Å². The molecule has 2 amide bonds. The Hall–Kier alpha value is -4.25. The van der Waals surface area contributed by atoms with Gasteiger partial charge in [-0.2, -0.15) is 0 Å². The first-order valence-electron chi connectivity index (χ1n) is 13.2. The van der Waals surface area contributed by atoms with Crippen molar-refractivity contribution in [1.29, 1.82) is 0 Å². The van der Waals surface area contributed by atoms with Gasteiger partial charge >= 0.3 is 0 Å². The molecular weight excluding hydrogens is 500 g/mol. The summed E-state index contributed by atoms with van der Waals surface area (Å²) in [6.45, 7) is 7.43. The second-order valence-corrected chi connectivity index (χ2v) is 9.82. The number of benzene rings is 2. The zero-order valence-electron chi connectivity index (χ0n) is 22.0. The number of morpholine rings is 1. The van der Waals surface area contributed by atoms with Crippen LogP contribution in [-0.2, 0) is 14.3 Å². The predicted molar refractivity (Wildman–Crippen MR) is 149 cm³/mol. The molecule has 0 radical (unpaired) electrons. The van der Waals surface area contributed by atoms with Crippen LogP contribution in [-0.4, -0.2) is 79.1 Å². The van der Waals surface area contributed by atoms with Gasteiger partial charge in [-0.15, -0.1) is 0 Å². The van der Waals surface area contributed by atoms with Crippen molar-refractivity contribution in [2.75, 3.05) is 67.6 Å². The number of rotatable bonds is 7. The number of nitro groups is 1. The number of carbonyl (C=O) groups is 2. The lowest BCUT2D eigenvalue weighted by molar-refractivity contribution is -0.384. The average molecular weight is 533 g/mol. The van der Waals surface area contributed by atoms with Crippen molar-refractivity contribution in [2.45, 2.75) is 19.8 Å². The molecule has 2 aliphatic heterocycles. The number of hydrogen-bond acceptors (Lipinski definition) is 8. The van der Waals surface area contributed by atoms with Crippen LogP contribution in [0.1, 0.15) is 18.4 Å². The molecule has 0 bridgehead atoms. The summed E-state index contributed by atoms with van der Waals surface area (Å²) in [5.41, 5.74) is 3.59. The van der Waals surface area contributed by atoms with Gasteiger partial charge in [-0.3, -0.25) is 19.7 Å². The molecule has 1 N–H and O–H groups in total. The number of piperazine rings is 1. The topological polar surface area (TPSA) is 121 Å². The minimum atomic E-state index is -0.420. The Balaban J connectivity index is 1.11. The number of non-ortho nitro benzene ring substituents is 1. The van der Waals surface area contributed by atoms with Crippen molar-refractivity contribution < 1.29 is 19.2 Å². The zero-order chi connectivity index (χ0) is 27.4. The predicted octanol–water partition coefficient (Wildman–Crippen LogP) is 3.36. The van der Waals surface area contributed by atoms with E-state index in [1.165, 1.54) is 12.1 Å². The Morgan fingerprint density at radius 3 is 2.36 bits per heavy atom. The number of pyridine rings is 1. The van der Waals surface area contributed by atoms with Gasteiger partial charge in [0.05, 0.1) is 23.7 Å². The van der Waals surface area contributed by atoms with Crippen LogP contribution < -0.4 is 15.1 Å². The van der Waals surface area contributed by atoms with Gasteiger partial charge in [-0.25, -0.2) is 4.98 Å². The van der Waals surface area contributed by atoms with Gasteiger partial charge in [0.25, 0.3) is 5.69 Å². The van der Waals surface area contributed by atoms with Crippen molar-refractivity contribution in [3.63, 3.8) is 0 Å².